The molecule has 9 nitrogen and oxygen atoms in total. The van der Waals surface area contributed by atoms with Gasteiger partial charge in [0.2, 0.25) is 5.91 Å². The molecule has 0 fully saturated rings. The highest BCUT2D eigenvalue weighted by molar-refractivity contribution is 6.00. The number of esters is 1. The quantitative estimate of drug-likeness (QED) is 0.343. The summed E-state index contributed by atoms with van der Waals surface area (Å²) in [5.74, 6) is -1.53. The van der Waals surface area contributed by atoms with E-state index in [2.05, 4.69) is 5.32 Å². The van der Waals surface area contributed by atoms with Crippen LogP contribution in [0, 0.1) is 10.1 Å². The molecule has 9 heteroatoms. The molecule has 2 aromatic rings. The van der Waals surface area contributed by atoms with E-state index in [1.54, 1.807) is 12.1 Å². The summed E-state index contributed by atoms with van der Waals surface area (Å²) < 4.78 is 9.95. The van der Waals surface area contributed by atoms with E-state index in [9.17, 15) is 24.5 Å². The van der Waals surface area contributed by atoms with Crippen LogP contribution in [0.25, 0.3) is 0 Å². The van der Waals surface area contributed by atoms with E-state index in [-0.39, 0.29) is 28.5 Å². The highest BCUT2D eigenvalue weighted by Crippen LogP contribution is 2.24. The van der Waals surface area contributed by atoms with Gasteiger partial charge in [0, 0.05) is 30.3 Å². The van der Waals surface area contributed by atoms with Crippen molar-refractivity contribution in [3.05, 3.63) is 63.7 Å². The molecule has 0 aliphatic rings. The van der Waals surface area contributed by atoms with E-state index in [4.69, 9.17) is 9.47 Å². The molecule has 0 radical (unpaired) electrons. The van der Waals surface area contributed by atoms with Gasteiger partial charge < -0.3 is 14.8 Å². The number of nitro benzene ring substituents is 1. The Morgan fingerprint density at radius 2 is 1.78 bits per heavy atom. The highest BCUT2D eigenvalue weighted by Gasteiger charge is 2.20. The van der Waals surface area contributed by atoms with Crippen molar-refractivity contribution in [3.63, 3.8) is 0 Å². The lowest BCUT2D eigenvalue weighted by Gasteiger charge is -2.09. The third kappa shape index (κ3) is 5.11. The van der Waals surface area contributed by atoms with Crippen molar-refractivity contribution in [2.24, 2.45) is 0 Å². The monoisotopic (exact) mass is 372 g/mol. The van der Waals surface area contributed by atoms with E-state index in [1.807, 2.05) is 0 Å². The van der Waals surface area contributed by atoms with Crippen LogP contribution in [0.1, 0.15) is 27.6 Å². The number of anilines is 1. The number of nitrogens with one attached hydrogen (secondary N) is 1. The molecular formula is C18H16N2O7. The lowest BCUT2D eigenvalue weighted by molar-refractivity contribution is -0.384. The molecule has 140 valence electrons. The van der Waals surface area contributed by atoms with Crippen LogP contribution in [0.3, 0.4) is 0 Å². The number of rotatable bonds is 7. The van der Waals surface area contributed by atoms with Crippen LogP contribution in [0.15, 0.2) is 42.5 Å². The summed E-state index contributed by atoms with van der Waals surface area (Å²) in [7, 11) is 1.31. The van der Waals surface area contributed by atoms with E-state index < -0.39 is 23.3 Å². The van der Waals surface area contributed by atoms with Crippen molar-refractivity contribution in [3.8, 4) is 5.75 Å². The largest absolute Gasteiger partial charge is 0.496 e. The predicted octanol–water partition coefficient (Wildman–Crippen LogP) is 2.60. The second-order valence-electron chi connectivity index (χ2n) is 5.40. The molecule has 1 amide bonds. The standard InChI is InChI=1S/C18H16N2O7/c1-11(21)19-13-5-3-12(4-6-13)16(22)10-27-18(23)15-9-14(20(24)25)7-8-17(15)26-2/h3-9H,10H2,1-2H3,(H,19,21). The summed E-state index contributed by atoms with van der Waals surface area (Å²) in [6, 6.07) is 9.54. The third-order valence-corrected chi connectivity index (χ3v) is 3.48. The van der Waals surface area contributed by atoms with Crippen LogP contribution in [-0.4, -0.2) is 36.3 Å². The fraction of sp³-hybridized carbons (Fsp3) is 0.167. The van der Waals surface area contributed by atoms with Crippen LogP contribution < -0.4 is 10.1 Å². The number of Topliss-reactive ketones (excluding diaryl/α,β-unsaturated/α-hetero) is 1. The van der Waals surface area contributed by atoms with Crippen molar-refractivity contribution >= 4 is 29.0 Å². The van der Waals surface area contributed by atoms with Crippen molar-refractivity contribution in [1.82, 2.24) is 0 Å². The van der Waals surface area contributed by atoms with Gasteiger partial charge in [0.1, 0.15) is 11.3 Å². The Balaban J connectivity index is 2.06. The molecule has 2 rings (SSSR count). The summed E-state index contributed by atoms with van der Waals surface area (Å²) >= 11 is 0. The Bertz CT molecular complexity index is 891. The molecule has 0 aliphatic carbocycles. The molecule has 0 atom stereocenters. The Labute approximate surface area is 154 Å². The molecule has 27 heavy (non-hydrogen) atoms. The number of amides is 1. The topological polar surface area (TPSA) is 125 Å². The first-order valence-corrected chi connectivity index (χ1v) is 7.72. The minimum atomic E-state index is -0.918. The number of carbonyl (C=O) groups excluding carboxylic acids is 3. The Hall–Kier alpha value is -3.75. The molecule has 0 aromatic heterocycles. The first-order valence-electron chi connectivity index (χ1n) is 7.72. The highest BCUT2D eigenvalue weighted by atomic mass is 16.6. The molecule has 0 unspecified atom stereocenters. The van der Waals surface area contributed by atoms with Crippen molar-refractivity contribution < 1.29 is 28.8 Å². The minimum absolute atomic E-state index is 0.0951. The number of ether oxygens (including phenoxy) is 2. The minimum Gasteiger partial charge on any atom is -0.496 e. The van der Waals surface area contributed by atoms with E-state index in [0.717, 1.165) is 6.07 Å². The molecule has 2 aromatic carbocycles. The summed E-state index contributed by atoms with van der Waals surface area (Å²) in [6.45, 7) is 0.810. The van der Waals surface area contributed by atoms with Crippen LogP contribution in [0.4, 0.5) is 11.4 Å². The van der Waals surface area contributed by atoms with Crippen molar-refractivity contribution in [2.75, 3.05) is 19.0 Å². The lowest BCUT2D eigenvalue weighted by Crippen LogP contribution is -2.15. The van der Waals surface area contributed by atoms with Gasteiger partial charge >= 0.3 is 5.97 Å². The van der Waals surface area contributed by atoms with Gasteiger partial charge in [0.15, 0.2) is 12.4 Å². The molecule has 0 saturated carbocycles. The molecule has 0 aliphatic heterocycles. The summed E-state index contributed by atoms with van der Waals surface area (Å²) in [5.41, 5.74) is 0.350. The third-order valence-electron chi connectivity index (χ3n) is 3.48. The first kappa shape index (κ1) is 19.6. The van der Waals surface area contributed by atoms with Gasteiger partial charge in [-0.1, -0.05) is 0 Å². The zero-order chi connectivity index (χ0) is 20.0. The predicted molar refractivity (Wildman–Crippen MR) is 95.0 cm³/mol. The fourth-order valence-corrected chi connectivity index (χ4v) is 2.20. The molecular weight excluding hydrogens is 356 g/mol. The molecule has 0 spiro atoms. The maximum atomic E-state index is 12.2. The van der Waals surface area contributed by atoms with E-state index in [0.29, 0.717) is 5.69 Å². The SMILES string of the molecule is COc1ccc([N+](=O)[O-])cc1C(=O)OCC(=O)c1ccc(NC(C)=O)cc1. The number of ketones is 1. The van der Waals surface area contributed by atoms with Crippen LogP contribution in [0.2, 0.25) is 0 Å². The Morgan fingerprint density at radius 1 is 1.11 bits per heavy atom. The number of non-ortho nitro benzene ring substituents is 1. The maximum absolute atomic E-state index is 12.2. The van der Waals surface area contributed by atoms with Gasteiger partial charge in [-0.3, -0.25) is 19.7 Å². The van der Waals surface area contributed by atoms with Gasteiger partial charge in [-0.25, -0.2) is 4.79 Å². The zero-order valence-corrected chi connectivity index (χ0v) is 14.6. The number of carbonyl (C=O) groups is 3. The smallest absolute Gasteiger partial charge is 0.342 e. The second-order valence-corrected chi connectivity index (χ2v) is 5.40. The van der Waals surface area contributed by atoms with Crippen LogP contribution in [0.5, 0.6) is 5.75 Å². The van der Waals surface area contributed by atoms with Gasteiger partial charge in [0.25, 0.3) is 5.69 Å². The summed E-state index contributed by atoms with van der Waals surface area (Å²) in [4.78, 5) is 45.5. The van der Waals surface area contributed by atoms with E-state index >= 15 is 0 Å². The van der Waals surface area contributed by atoms with E-state index in [1.165, 1.54) is 38.3 Å². The van der Waals surface area contributed by atoms with Crippen LogP contribution >= 0.6 is 0 Å². The van der Waals surface area contributed by atoms with Gasteiger partial charge in [-0.2, -0.15) is 0 Å². The number of hydrogen-bond donors (Lipinski definition) is 1. The molecule has 1 N–H and O–H groups in total. The molecule has 0 bridgehead atoms. The van der Waals surface area contributed by atoms with Crippen molar-refractivity contribution in [1.29, 1.82) is 0 Å². The normalized spacial score (nSPS) is 10.0. The number of benzene rings is 2. The van der Waals surface area contributed by atoms with Gasteiger partial charge in [-0.05, 0) is 30.3 Å². The lowest BCUT2D eigenvalue weighted by atomic mass is 10.1. The van der Waals surface area contributed by atoms with Crippen LogP contribution in [-0.2, 0) is 9.53 Å². The fourth-order valence-electron chi connectivity index (χ4n) is 2.20. The zero-order valence-electron chi connectivity index (χ0n) is 14.6. The number of nitro groups is 1. The number of hydrogen-bond acceptors (Lipinski definition) is 7. The Kier molecular flexibility index (Phi) is 6.21. The average Bonchev–Trinajstić information content (AvgIpc) is 2.65. The second kappa shape index (κ2) is 8.56. The number of methoxy groups -OCH3 is 1. The summed E-state index contributed by atoms with van der Waals surface area (Å²) in [6.07, 6.45) is 0. The first-order chi connectivity index (χ1) is 12.8. The Morgan fingerprint density at radius 3 is 2.33 bits per heavy atom. The maximum Gasteiger partial charge on any atom is 0.342 e. The van der Waals surface area contributed by atoms with Gasteiger partial charge in [0.05, 0.1) is 12.0 Å². The molecule has 0 saturated heterocycles. The average molecular weight is 372 g/mol. The van der Waals surface area contributed by atoms with Gasteiger partial charge in [-0.15, -0.1) is 0 Å². The number of nitrogens with zero attached hydrogens (tertiary/aromatic N) is 1. The molecule has 0 heterocycles. The van der Waals surface area contributed by atoms with Crippen molar-refractivity contribution in [2.45, 2.75) is 6.92 Å². The summed E-state index contributed by atoms with van der Waals surface area (Å²) in [5, 5.41) is 13.4.